The second-order valence-electron chi connectivity index (χ2n) is 6.29. The zero-order valence-corrected chi connectivity index (χ0v) is 14.8. The van der Waals surface area contributed by atoms with Crippen LogP contribution in [0.15, 0.2) is 22.6 Å². The Balaban J connectivity index is 2.20. The van der Waals surface area contributed by atoms with Crippen LogP contribution in [0.2, 0.25) is 0 Å². The number of thioether (sulfide) groups is 1. The molecule has 0 aliphatic heterocycles. The number of furan rings is 1. The Morgan fingerprint density at radius 1 is 1.26 bits per heavy atom. The van der Waals surface area contributed by atoms with Gasteiger partial charge in [-0.15, -0.1) is 0 Å². The Kier molecular flexibility index (Phi) is 5.04. The lowest BCUT2D eigenvalue weighted by molar-refractivity contribution is 0.0520. The molecule has 0 aliphatic carbocycles. The molecular formula is C17H21NO4S. The number of nitrogens with one attached hydrogen (secondary N) is 1. The van der Waals surface area contributed by atoms with Gasteiger partial charge in [-0.05, 0) is 57.7 Å². The fourth-order valence-corrected chi connectivity index (χ4v) is 2.55. The minimum absolute atomic E-state index is 0.0419. The monoisotopic (exact) mass is 335 g/mol. The van der Waals surface area contributed by atoms with Gasteiger partial charge in [0.25, 0.3) is 0 Å². The first-order chi connectivity index (χ1) is 10.7. The van der Waals surface area contributed by atoms with Gasteiger partial charge in [0, 0.05) is 5.39 Å². The van der Waals surface area contributed by atoms with E-state index in [1.165, 1.54) is 0 Å². The van der Waals surface area contributed by atoms with Crippen LogP contribution >= 0.6 is 11.8 Å². The number of amides is 1. The molecular weight excluding hydrogens is 314 g/mol. The van der Waals surface area contributed by atoms with Crippen molar-refractivity contribution in [1.29, 1.82) is 0 Å². The predicted octanol–water partition coefficient (Wildman–Crippen LogP) is 4.27. The Bertz CT molecular complexity index is 743. The Labute approximate surface area is 139 Å². The van der Waals surface area contributed by atoms with Crippen molar-refractivity contribution in [2.45, 2.75) is 39.8 Å². The maximum Gasteiger partial charge on any atom is 0.408 e. The number of benzene rings is 1. The van der Waals surface area contributed by atoms with E-state index >= 15 is 0 Å². The van der Waals surface area contributed by atoms with Gasteiger partial charge in [-0.3, -0.25) is 4.79 Å². The SMILES string of the molecule is CSC(=O)c1cc(C)cc2cc(CNC(=O)OC(C)(C)C)oc12. The van der Waals surface area contributed by atoms with Crippen LogP contribution in [0.5, 0.6) is 0 Å². The predicted molar refractivity (Wildman–Crippen MR) is 91.9 cm³/mol. The number of carbonyl (C=O) groups is 2. The average Bonchev–Trinajstić information content (AvgIpc) is 2.84. The summed E-state index contributed by atoms with van der Waals surface area (Å²) in [5.41, 5.74) is 1.54. The lowest BCUT2D eigenvalue weighted by Crippen LogP contribution is -2.32. The van der Waals surface area contributed by atoms with Crippen LogP contribution < -0.4 is 5.32 Å². The minimum atomic E-state index is -0.549. The standard InChI is InChI=1S/C17H21NO4S/c1-10-6-11-8-12(9-18-16(20)22-17(2,3)4)21-14(11)13(7-10)15(19)23-5/h6-8H,9H2,1-5H3,(H,18,20). The van der Waals surface area contributed by atoms with Crippen molar-refractivity contribution in [3.63, 3.8) is 0 Å². The number of alkyl carbamates (subject to hydrolysis) is 1. The van der Waals surface area contributed by atoms with Crippen molar-refractivity contribution in [2.75, 3.05) is 6.26 Å². The van der Waals surface area contributed by atoms with E-state index in [2.05, 4.69) is 5.32 Å². The summed E-state index contributed by atoms with van der Waals surface area (Å²) in [6, 6.07) is 5.60. The molecule has 0 unspecified atom stereocenters. The van der Waals surface area contributed by atoms with Crippen LogP contribution in [0.3, 0.4) is 0 Å². The van der Waals surface area contributed by atoms with Gasteiger partial charge in [-0.25, -0.2) is 4.79 Å². The van der Waals surface area contributed by atoms with E-state index in [1.54, 1.807) is 27.0 Å². The number of fused-ring (bicyclic) bond motifs is 1. The van der Waals surface area contributed by atoms with Gasteiger partial charge in [-0.1, -0.05) is 11.8 Å². The molecule has 6 heteroatoms. The highest BCUT2D eigenvalue weighted by Crippen LogP contribution is 2.27. The number of hydrogen-bond donors (Lipinski definition) is 1. The van der Waals surface area contributed by atoms with Crippen molar-refractivity contribution in [3.05, 3.63) is 35.1 Å². The van der Waals surface area contributed by atoms with Crippen LogP contribution in [0.4, 0.5) is 4.79 Å². The molecule has 0 saturated heterocycles. The molecule has 0 spiro atoms. The summed E-state index contributed by atoms with van der Waals surface area (Å²) in [6.45, 7) is 7.54. The van der Waals surface area contributed by atoms with Crippen molar-refractivity contribution >= 4 is 33.9 Å². The molecule has 0 radical (unpaired) electrons. The summed E-state index contributed by atoms with van der Waals surface area (Å²) in [7, 11) is 0. The third-order valence-electron chi connectivity index (χ3n) is 3.02. The highest BCUT2D eigenvalue weighted by molar-refractivity contribution is 8.13. The Morgan fingerprint density at radius 3 is 2.57 bits per heavy atom. The highest BCUT2D eigenvalue weighted by Gasteiger charge is 2.18. The molecule has 1 heterocycles. The zero-order valence-electron chi connectivity index (χ0n) is 14.0. The van der Waals surface area contributed by atoms with Gasteiger partial charge in [-0.2, -0.15) is 0 Å². The van der Waals surface area contributed by atoms with Gasteiger partial charge < -0.3 is 14.5 Å². The zero-order chi connectivity index (χ0) is 17.2. The van der Waals surface area contributed by atoms with Gasteiger partial charge in [0.1, 0.15) is 16.9 Å². The summed E-state index contributed by atoms with van der Waals surface area (Å²) in [5, 5.41) is 3.46. The van der Waals surface area contributed by atoms with Crippen LogP contribution in [-0.2, 0) is 11.3 Å². The fraction of sp³-hybridized carbons (Fsp3) is 0.412. The van der Waals surface area contributed by atoms with E-state index < -0.39 is 11.7 Å². The van der Waals surface area contributed by atoms with Crippen molar-refractivity contribution < 1.29 is 18.7 Å². The quantitative estimate of drug-likeness (QED) is 0.907. The Hall–Kier alpha value is -1.95. The topological polar surface area (TPSA) is 68.5 Å². The van der Waals surface area contributed by atoms with Crippen LogP contribution in [0.25, 0.3) is 11.0 Å². The maximum absolute atomic E-state index is 12.0. The smallest absolute Gasteiger partial charge is 0.408 e. The number of hydrogen-bond acceptors (Lipinski definition) is 5. The van der Waals surface area contributed by atoms with Gasteiger partial charge >= 0.3 is 6.09 Å². The molecule has 1 aromatic carbocycles. The fourth-order valence-electron chi connectivity index (χ4n) is 2.18. The first kappa shape index (κ1) is 17.4. The van der Waals surface area contributed by atoms with E-state index in [9.17, 15) is 9.59 Å². The van der Waals surface area contributed by atoms with E-state index in [1.807, 2.05) is 25.1 Å². The first-order valence-corrected chi connectivity index (χ1v) is 8.50. The second-order valence-corrected chi connectivity index (χ2v) is 7.07. The maximum atomic E-state index is 12.0. The van der Waals surface area contributed by atoms with E-state index in [4.69, 9.17) is 9.15 Å². The molecule has 1 amide bonds. The number of rotatable bonds is 3. The van der Waals surface area contributed by atoms with Crippen LogP contribution in [0.1, 0.15) is 42.5 Å². The van der Waals surface area contributed by atoms with Crippen LogP contribution in [-0.4, -0.2) is 23.1 Å². The van der Waals surface area contributed by atoms with E-state index in [0.29, 0.717) is 16.9 Å². The van der Waals surface area contributed by atoms with Crippen molar-refractivity contribution in [1.82, 2.24) is 5.32 Å². The molecule has 2 aromatic rings. The number of ether oxygens (including phenoxy) is 1. The number of aryl methyl sites for hydroxylation is 1. The molecule has 0 atom stereocenters. The van der Waals surface area contributed by atoms with Gasteiger partial charge in [0.15, 0.2) is 0 Å². The summed E-state index contributed by atoms with van der Waals surface area (Å²) >= 11 is 1.15. The molecule has 2 rings (SSSR count). The van der Waals surface area contributed by atoms with Gasteiger partial charge in [0.2, 0.25) is 5.12 Å². The molecule has 23 heavy (non-hydrogen) atoms. The molecule has 0 aliphatic rings. The first-order valence-electron chi connectivity index (χ1n) is 7.28. The summed E-state index contributed by atoms with van der Waals surface area (Å²) in [4.78, 5) is 23.7. The molecule has 0 saturated carbocycles. The largest absolute Gasteiger partial charge is 0.458 e. The van der Waals surface area contributed by atoms with Crippen LogP contribution in [0, 0.1) is 6.92 Å². The van der Waals surface area contributed by atoms with E-state index in [0.717, 1.165) is 22.7 Å². The lowest BCUT2D eigenvalue weighted by atomic mass is 10.1. The van der Waals surface area contributed by atoms with E-state index in [-0.39, 0.29) is 11.7 Å². The lowest BCUT2D eigenvalue weighted by Gasteiger charge is -2.19. The molecule has 0 fully saturated rings. The summed E-state index contributed by atoms with van der Waals surface area (Å²) in [6.07, 6.45) is 1.24. The normalized spacial score (nSPS) is 11.5. The second kappa shape index (κ2) is 6.66. The molecule has 1 N–H and O–H groups in total. The minimum Gasteiger partial charge on any atom is -0.458 e. The number of carbonyl (C=O) groups excluding carboxylic acids is 2. The molecule has 5 nitrogen and oxygen atoms in total. The third-order valence-corrected chi connectivity index (χ3v) is 3.61. The van der Waals surface area contributed by atoms with Gasteiger partial charge in [0.05, 0.1) is 12.1 Å². The van der Waals surface area contributed by atoms with Crippen molar-refractivity contribution in [3.8, 4) is 0 Å². The molecule has 124 valence electrons. The summed E-state index contributed by atoms with van der Waals surface area (Å²) in [5.74, 6) is 0.576. The molecule has 0 bridgehead atoms. The Morgan fingerprint density at radius 2 is 1.96 bits per heavy atom. The summed E-state index contributed by atoms with van der Waals surface area (Å²) < 4.78 is 10.9. The average molecular weight is 335 g/mol. The van der Waals surface area contributed by atoms with Crippen molar-refractivity contribution in [2.24, 2.45) is 0 Å². The highest BCUT2D eigenvalue weighted by atomic mass is 32.2. The third kappa shape index (κ3) is 4.51. The molecule has 1 aromatic heterocycles.